The highest BCUT2D eigenvalue weighted by molar-refractivity contribution is 5.85. The molecule has 0 atom stereocenters. The van der Waals surface area contributed by atoms with Crippen LogP contribution in [0.1, 0.15) is 5.56 Å². The Balaban J connectivity index is 1.74. The van der Waals surface area contributed by atoms with Gasteiger partial charge in [-0.05, 0) is 17.7 Å². The average Bonchev–Trinajstić information content (AvgIpc) is 3.03. The Hall–Kier alpha value is -3.15. The molecule has 0 aliphatic heterocycles. The Kier molecular flexibility index (Phi) is 3.27. The van der Waals surface area contributed by atoms with Gasteiger partial charge in [-0.25, -0.2) is 0 Å². The third-order valence-corrected chi connectivity index (χ3v) is 3.54. The van der Waals surface area contributed by atoms with Crippen LogP contribution < -0.4 is 9.47 Å². The van der Waals surface area contributed by atoms with Crippen LogP contribution in [0.25, 0.3) is 16.7 Å². The molecule has 6 nitrogen and oxygen atoms in total. The summed E-state index contributed by atoms with van der Waals surface area (Å²) in [5.41, 5.74) is 1.93. The van der Waals surface area contributed by atoms with Crippen molar-refractivity contribution in [2.24, 2.45) is 0 Å². The van der Waals surface area contributed by atoms with E-state index in [1.165, 1.54) is 0 Å². The van der Waals surface area contributed by atoms with E-state index in [1.54, 1.807) is 11.6 Å². The number of nitrogens with zero attached hydrogens (tertiary/aromatic N) is 4. The molecule has 6 heteroatoms. The summed E-state index contributed by atoms with van der Waals surface area (Å²) in [6.45, 7) is 0.410. The number of hydrogen-bond donors (Lipinski definition) is 0. The summed E-state index contributed by atoms with van der Waals surface area (Å²) >= 11 is 0. The number of benzene rings is 2. The van der Waals surface area contributed by atoms with Crippen molar-refractivity contribution in [1.29, 1.82) is 0 Å². The second-order valence-corrected chi connectivity index (χ2v) is 5.02. The first-order valence-electron chi connectivity index (χ1n) is 7.21. The predicted molar refractivity (Wildman–Crippen MR) is 85.6 cm³/mol. The summed E-state index contributed by atoms with van der Waals surface area (Å²) in [5, 5.41) is 5.27. The van der Waals surface area contributed by atoms with Crippen molar-refractivity contribution in [2.45, 2.75) is 6.61 Å². The molecule has 0 saturated carbocycles. The lowest BCUT2D eigenvalue weighted by atomic mass is 10.2. The van der Waals surface area contributed by atoms with Crippen LogP contribution in [0.15, 0.2) is 54.6 Å². The molecule has 4 aromatic rings. The van der Waals surface area contributed by atoms with Gasteiger partial charge in [0.25, 0.3) is 5.78 Å². The molecule has 0 amide bonds. The molecule has 4 rings (SSSR count). The van der Waals surface area contributed by atoms with Gasteiger partial charge in [-0.15, -0.1) is 5.10 Å². The van der Waals surface area contributed by atoms with Crippen LogP contribution in [0, 0.1) is 0 Å². The van der Waals surface area contributed by atoms with Gasteiger partial charge in [0.1, 0.15) is 6.61 Å². The van der Waals surface area contributed by atoms with Crippen molar-refractivity contribution in [1.82, 2.24) is 19.6 Å². The van der Waals surface area contributed by atoms with Gasteiger partial charge in [0.15, 0.2) is 0 Å². The second kappa shape index (κ2) is 5.57. The zero-order chi connectivity index (χ0) is 15.6. The summed E-state index contributed by atoms with van der Waals surface area (Å²) in [6, 6.07) is 17.9. The molecule has 0 fully saturated rings. The number of ether oxygens (including phenoxy) is 2. The fourth-order valence-electron chi connectivity index (χ4n) is 2.45. The van der Waals surface area contributed by atoms with E-state index < -0.39 is 0 Å². The molecule has 2 heterocycles. The van der Waals surface area contributed by atoms with E-state index in [-0.39, 0.29) is 0 Å². The zero-order valence-corrected chi connectivity index (χ0v) is 12.5. The third-order valence-electron chi connectivity index (χ3n) is 3.54. The van der Waals surface area contributed by atoms with Crippen LogP contribution in [0.5, 0.6) is 11.9 Å². The van der Waals surface area contributed by atoms with Crippen molar-refractivity contribution in [3.8, 4) is 11.9 Å². The maximum absolute atomic E-state index is 5.68. The van der Waals surface area contributed by atoms with E-state index in [4.69, 9.17) is 9.47 Å². The largest absolute Gasteiger partial charge is 0.480 e. The Bertz CT molecular complexity index is 966. The minimum atomic E-state index is 0.291. The van der Waals surface area contributed by atoms with Crippen LogP contribution in [0.3, 0.4) is 0 Å². The normalized spacial score (nSPS) is 11.0. The first-order chi connectivity index (χ1) is 11.3. The van der Waals surface area contributed by atoms with Gasteiger partial charge in [-0.2, -0.15) is 14.5 Å². The molecular formula is C17H14N4O2. The molecule has 0 aliphatic carbocycles. The van der Waals surface area contributed by atoms with E-state index in [0.717, 1.165) is 16.5 Å². The molecule has 0 unspecified atom stereocenters. The van der Waals surface area contributed by atoms with Gasteiger partial charge in [-0.3, -0.25) is 0 Å². The standard InChI is InChI=1S/C17H14N4O2/c1-22-15-13-9-5-6-10-14(13)21-16(18-15)19-17(20-21)23-11-12-7-3-2-4-8-12/h2-10H,11H2,1H3. The monoisotopic (exact) mass is 306 g/mol. The average molecular weight is 306 g/mol. The molecule has 114 valence electrons. The van der Waals surface area contributed by atoms with Crippen molar-refractivity contribution in [3.05, 3.63) is 60.2 Å². The highest BCUT2D eigenvalue weighted by atomic mass is 16.5. The predicted octanol–water partition coefficient (Wildman–Crippen LogP) is 2.87. The first kappa shape index (κ1) is 13.5. The van der Waals surface area contributed by atoms with Gasteiger partial charge >= 0.3 is 6.01 Å². The van der Waals surface area contributed by atoms with Crippen LogP contribution in [-0.2, 0) is 6.61 Å². The molecule has 2 aromatic heterocycles. The van der Waals surface area contributed by atoms with Crippen LogP contribution in [0.2, 0.25) is 0 Å². The molecule has 0 N–H and O–H groups in total. The summed E-state index contributed by atoms with van der Waals surface area (Å²) in [4.78, 5) is 8.71. The van der Waals surface area contributed by atoms with Gasteiger partial charge in [0.05, 0.1) is 18.0 Å². The fourth-order valence-corrected chi connectivity index (χ4v) is 2.45. The molecule has 2 aromatic carbocycles. The molecule has 0 radical (unpaired) electrons. The van der Waals surface area contributed by atoms with E-state index in [2.05, 4.69) is 15.1 Å². The number of fused-ring (bicyclic) bond motifs is 3. The SMILES string of the molecule is COc1nc2nc(OCc3ccccc3)nn2c2ccccc12. The van der Waals surface area contributed by atoms with E-state index in [0.29, 0.717) is 24.3 Å². The number of rotatable bonds is 4. The van der Waals surface area contributed by atoms with Gasteiger partial charge in [0.2, 0.25) is 5.88 Å². The Morgan fingerprint density at radius 2 is 1.74 bits per heavy atom. The molecular weight excluding hydrogens is 292 g/mol. The Labute approximate surface area is 132 Å². The van der Waals surface area contributed by atoms with Gasteiger partial charge in [-0.1, -0.05) is 42.5 Å². The maximum Gasteiger partial charge on any atom is 0.338 e. The molecule has 0 saturated heterocycles. The van der Waals surface area contributed by atoms with Crippen molar-refractivity contribution in [3.63, 3.8) is 0 Å². The quantitative estimate of drug-likeness (QED) is 0.580. The zero-order valence-electron chi connectivity index (χ0n) is 12.5. The summed E-state index contributed by atoms with van der Waals surface area (Å²) in [7, 11) is 1.59. The Morgan fingerprint density at radius 1 is 0.957 bits per heavy atom. The van der Waals surface area contributed by atoms with E-state index in [9.17, 15) is 0 Å². The highest BCUT2D eigenvalue weighted by Gasteiger charge is 2.13. The third kappa shape index (κ3) is 2.44. The number of methoxy groups -OCH3 is 1. The lowest BCUT2D eigenvalue weighted by Gasteiger charge is -2.04. The maximum atomic E-state index is 5.68. The van der Waals surface area contributed by atoms with E-state index in [1.807, 2.05) is 54.6 Å². The second-order valence-electron chi connectivity index (χ2n) is 5.02. The topological polar surface area (TPSA) is 61.5 Å². The summed E-state index contributed by atoms with van der Waals surface area (Å²) in [5.74, 6) is 0.971. The molecule has 23 heavy (non-hydrogen) atoms. The van der Waals surface area contributed by atoms with Crippen molar-refractivity contribution in [2.75, 3.05) is 7.11 Å². The number of aromatic nitrogens is 4. The van der Waals surface area contributed by atoms with Crippen LogP contribution in [-0.4, -0.2) is 26.7 Å². The van der Waals surface area contributed by atoms with Crippen molar-refractivity contribution < 1.29 is 9.47 Å². The fraction of sp³-hybridized carbons (Fsp3) is 0.118. The smallest absolute Gasteiger partial charge is 0.338 e. The highest BCUT2D eigenvalue weighted by Crippen LogP contribution is 2.24. The lowest BCUT2D eigenvalue weighted by molar-refractivity contribution is 0.281. The number of para-hydroxylation sites is 1. The van der Waals surface area contributed by atoms with Gasteiger partial charge < -0.3 is 9.47 Å². The minimum absolute atomic E-state index is 0.291. The summed E-state index contributed by atoms with van der Waals surface area (Å²) < 4.78 is 12.7. The Morgan fingerprint density at radius 3 is 2.57 bits per heavy atom. The number of hydrogen-bond acceptors (Lipinski definition) is 5. The van der Waals surface area contributed by atoms with Gasteiger partial charge in [0, 0.05) is 0 Å². The van der Waals surface area contributed by atoms with Crippen molar-refractivity contribution >= 4 is 16.7 Å². The lowest BCUT2D eigenvalue weighted by Crippen LogP contribution is -1.98. The van der Waals surface area contributed by atoms with E-state index >= 15 is 0 Å². The van der Waals surface area contributed by atoms with Crippen LogP contribution >= 0.6 is 0 Å². The minimum Gasteiger partial charge on any atom is -0.480 e. The summed E-state index contributed by atoms with van der Waals surface area (Å²) in [6.07, 6.45) is 0. The van der Waals surface area contributed by atoms with Crippen LogP contribution in [0.4, 0.5) is 0 Å². The molecule has 0 spiro atoms. The molecule has 0 bridgehead atoms. The molecule has 0 aliphatic rings. The first-order valence-corrected chi connectivity index (χ1v) is 7.21.